The first-order chi connectivity index (χ1) is 14.2. The second kappa shape index (κ2) is 9.08. The molecule has 156 valence electrons. The zero-order valence-corrected chi connectivity index (χ0v) is 18.7. The normalized spacial score (nSPS) is 11.2. The van der Waals surface area contributed by atoms with Crippen molar-refractivity contribution >= 4 is 50.5 Å². The quantitative estimate of drug-likeness (QED) is 0.529. The Bertz CT molecular complexity index is 1180. The van der Waals surface area contributed by atoms with Crippen LogP contribution in [0.1, 0.15) is 11.1 Å². The van der Waals surface area contributed by atoms with Crippen LogP contribution in [-0.2, 0) is 14.8 Å². The van der Waals surface area contributed by atoms with E-state index in [1.165, 1.54) is 18.2 Å². The van der Waals surface area contributed by atoms with Crippen LogP contribution in [0.3, 0.4) is 0 Å². The first kappa shape index (κ1) is 22.2. The summed E-state index contributed by atoms with van der Waals surface area (Å²) in [7, 11) is -3.97. The van der Waals surface area contributed by atoms with Crippen molar-refractivity contribution in [3.63, 3.8) is 0 Å². The Labute approximate surface area is 186 Å². The van der Waals surface area contributed by atoms with Gasteiger partial charge in [0.15, 0.2) is 0 Å². The number of benzene rings is 3. The number of nitrogens with zero attached hydrogens (tertiary/aromatic N) is 1. The Morgan fingerprint density at radius 2 is 1.63 bits per heavy atom. The van der Waals surface area contributed by atoms with Crippen molar-refractivity contribution in [1.29, 1.82) is 0 Å². The predicted octanol–water partition coefficient (Wildman–Crippen LogP) is 5.44. The highest BCUT2D eigenvalue weighted by molar-refractivity contribution is 7.92. The lowest BCUT2D eigenvalue weighted by Gasteiger charge is -2.26. The van der Waals surface area contributed by atoms with Crippen LogP contribution in [0.2, 0.25) is 10.0 Å². The Balaban J connectivity index is 1.97. The molecule has 0 fully saturated rings. The summed E-state index contributed by atoms with van der Waals surface area (Å²) < 4.78 is 27.8. The van der Waals surface area contributed by atoms with Crippen LogP contribution < -0.4 is 9.62 Å². The van der Waals surface area contributed by atoms with Crippen molar-refractivity contribution in [2.75, 3.05) is 16.2 Å². The molecule has 3 aromatic carbocycles. The first-order valence-electron chi connectivity index (χ1n) is 9.08. The number of nitrogens with one attached hydrogen (secondary N) is 1. The molecule has 1 N–H and O–H groups in total. The van der Waals surface area contributed by atoms with Crippen LogP contribution in [0.5, 0.6) is 0 Å². The average Bonchev–Trinajstić information content (AvgIpc) is 2.70. The van der Waals surface area contributed by atoms with E-state index in [-0.39, 0.29) is 9.92 Å². The smallest absolute Gasteiger partial charge is 0.264 e. The number of hydrogen-bond donors (Lipinski definition) is 1. The molecule has 3 aromatic rings. The number of anilines is 2. The lowest BCUT2D eigenvalue weighted by molar-refractivity contribution is -0.114. The summed E-state index contributed by atoms with van der Waals surface area (Å²) in [6.07, 6.45) is 0. The van der Waals surface area contributed by atoms with E-state index < -0.39 is 22.5 Å². The topological polar surface area (TPSA) is 66.5 Å². The van der Waals surface area contributed by atoms with Crippen LogP contribution in [0.4, 0.5) is 11.4 Å². The van der Waals surface area contributed by atoms with Crippen molar-refractivity contribution in [2.45, 2.75) is 18.7 Å². The molecule has 0 saturated carbocycles. The molecule has 0 aliphatic carbocycles. The fraction of sp³-hybridized carbons (Fsp3) is 0.136. The summed E-state index contributed by atoms with van der Waals surface area (Å²) in [6.45, 7) is 3.33. The molecule has 5 nitrogen and oxygen atoms in total. The summed E-state index contributed by atoms with van der Waals surface area (Å²) in [5.74, 6) is -0.507. The van der Waals surface area contributed by atoms with E-state index in [1.54, 1.807) is 36.4 Å². The minimum absolute atomic E-state index is 0.104. The van der Waals surface area contributed by atoms with Crippen molar-refractivity contribution in [3.8, 4) is 0 Å². The van der Waals surface area contributed by atoms with Gasteiger partial charge in [-0.2, -0.15) is 0 Å². The van der Waals surface area contributed by atoms with Crippen LogP contribution in [0.15, 0.2) is 71.6 Å². The molecule has 0 aliphatic heterocycles. The molecule has 0 atom stereocenters. The maximum Gasteiger partial charge on any atom is 0.264 e. The second-order valence-electron chi connectivity index (χ2n) is 6.79. The van der Waals surface area contributed by atoms with Gasteiger partial charge in [-0.1, -0.05) is 59.1 Å². The molecule has 8 heteroatoms. The average molecular weight is 463 g/mol. The van der Waals surface area contributed by atoms with E-state index in [0.717, 1.165) is 15.4 Å². The predicted molar refractivity (Wildman–Crippen MR) is 122 cm³/mol. The Kier molecular flexibility index (Phi) is 6.71. The highest BCUT2D eigenvalue weighted by Crippen LogP contribution is 2.28. The number of rotatable bonds is 6. The minimum atomic E-state index is -3.97. The SMILES string of the molecule is Cc1ccc(N(CC(=O)Nc2ccc(Cl)c(Cl)c2)S(=O)(=O)c2ccccc2)c(C)c1. The fourth-order valence-corrected chi connectivity index (χ4v) is 4.81. The third-order valence-corrected chi connectivity index (χ3v) is 6.96. The monoisotopic (exact) mass is 462 g/mol. The van der Waals surface area contributed by atoms with Gasteiger partial charge in [0.1, 0.15) is 6.54 Å². The van der Waals surface area contributed by atoms with E-state index in [1.807, 2.05) is 26.0 Å². The molecule has 0 bridgehead atoms. The van der Waals surface area contributed by atoms with Crippen LogP contribution >= 0.6 is 23.2 Å². The van der Waals surface area contributed by atoms with Crippen LogP contribution in [0, 0.1) is 13.8 Å². The maximum atomic E-state index is 13.4. The number of hydrogen-bond acceptors (Lipinski definition) is 3. The maximum absolute atomic E-state index is 13.4. The Hall–Kier alpha value is -2.54. The van der Waals surface area contributed by atoms with Gasteiger partial charge in [0.25, 0.3) is 10.0 Å². The highest BCUT2D eigenvalue weighted by atomic mass is 35.5. The molecule has 0 unspecified atom stereocenters. The van der Waals surface area contributed by atoms with Crippen LogP contribution in [-0.4, -0.2) is 20.9 Å². The van der Waals surface area contributed by atoms with Gasteiger partial charge in [-0.05, 0) is 55.8 Å². The first-order valence-corrected chi connectivity index (χ1v) is 11.3. The Morgan fingerprint density at radius 3 is 2.27 bits per heavy atom. The van der Waals surface area contributed by atoms with Crippen molar-refractivity contribution in [2.24, 2.45) is 0 Å². The number of amides is 1. The largest absolute Gasteiger partial charge is 0.324 e. The molecule has 0 radical (unpaired) electrons. The van der Waals surface area contributed by atoms with E-state index >= 15 is 0 Å². The molecular formula is C22H20Cl2N2O3S. The van der Waals surface area contributed by atoms with Crippen molar-refractivity contribution in [1.82, 2.24) is 0 Å². The number of halogens is 2. The second-order valence-corrected chi connectivity index (χ2v) is 9.47. The lowest BCUT2D eigenvalue weighted by Crippen LogP contribution is -2.38. The summed E-state index contributed by atoms with van der Waals surface area (Å²) >= 11 is 11.9. The van der Waals surface area contributed by atoms with Crippen molar-refractivity contribution < 1.29 is 13.2 Å². The zero-order valence-electron chi connectivity index (χ0n) is 16.4. The minimum Gasteiger partial charge on any atom is -0.324 e. The lowest BCUT2D eigenvalue weighted by atomic mass is 10.1. The van der Waals surface area contributed by atoms with E-state index in [2.05, 4.69) is 5.32 Å². The summed E-state index contributed by atoms with van der Waals surface area (Å²) in [5, 5.41) is 3.33. The van der Waals surface area contributed by atoms with E-state index in [9.17, 15) is 13.2 Å². The summed E-state index contributed by atoms with van der Waals surface area (Å²) in [5.41, 5.74) is 2.60. The highest BCUT2D eigenvalue weighted by Gasteiger charge is 2.28. The third kappa shape index (κ3) is 4.95. The molecule has 0 heterocycles. The molecule has 0 aromatic heterocycles. The molecular weight excluding hydrogens is 443 g/mol. The third-order valence-electron chi connectivity index (χ3n) is 4.44. The molecule has 30 heavy (non-hydrogen) atoms. The fourth-order valence-electron chi connectivity index (χ4n) is 3.01. The number of aryl methyl sites for hydroxylation is 2. The van der Waals surface area contributed by atoms with Gasteiger partial charge < -0.3 is 5.32 Å². The summed E-state index contributed by atoms with van der Waals surface area (Å²) in [4.78, 5) is 12.9. The Morgan fingerprint density at radius 1 is 0.933 bits per heavy atom. The van der Waals surface area contributed by atoms with Gasteiger partial charge in [0.2, 0.25) is 5.91 Å². The van der Waals surface area contributed by atoms with E-state index in [0.29, 0.717) is 16.4 Å². The molecule has 1 amide bonds. The molecule has 0 saturated heterocycles. The molecule has 3 rings (SSSR count). The van der Waals surface area contributed by atoms with E-state index in [4.69, 9.17) is 23.2 Å². The molecule has 0 spiro atoms. The molecule has 0 aliphatic rings. The van der Waals surface area contributed by atoms with Gasteiger partial charge in [-0.25, -0.2) is 8.42 Å². The van der Waals surface area contributed by atoms with Gasteiger partial charge in [-0.15, -0.1) is 0 Å². The van der Waals surface area contributed by atoms with Gasteiger partial charge in [-0.3, -0.25) is 9.10 Å². The van der Waals surface area contributed by atoms with Gasteiger partial charge in [0, 0.05) is 5.69 Å². The number of carbonyl (C=O) groups is 1. The van der Waals surface area contributed by atoms with Crippen molar-refractivity contribution in [3.05, 3.63) is 87.9 Å². The van der Waals surface area contributed by atoms with Gasteiger partial charge >= 0.3 is 0 Å². The van der Waals surface area contributed by atoms with Gasteiger partial charge in [0.05, 0.1) is 20.6 Å². The zero-order chi connectivity index (χ0) is 21.9. The standard InChI is InChI=1S/C22H20Cl2N2O3S/c1-15-8-11-21(16(2)12-15)26(30(28,29)18-6-4-3-5-7-18)14-22(27)25-17-9-10-19(23)20(24)13-17/h3-13H,14H2,1-2H3,(H,25,27). The van der Waals surface area contributed by atoms with Crippen LogP contribution in [0.25, 0.3) is 0 Å². The number of carbonyl (C=O) groups excluding carboxylic acids is 1. The number of sulfonamides is 1. The summed E-state index contributed by atoms with van der Waals surface area (Å²) in [6, 6.07) is 18.1.